The van der Waals surface area contributed by atoms with Gasteiger partial charge < -0.3 is 68.9 Å². The molecule has 628 valence electrons. The molecule has 0 atom stereocenters. The molecule has 8 N–H and O–H groups in total. The van der Waals surface area contributed by atoms with E-state index in [0.29, 0.717) is 0 Å². The van der Waals surface area contributed by atoms with Crippen LogP contribution in [0.1, 0.15) is 11.4 Å². The second-order valence-electron chi connectivity index (χ2n) is 31.6. The van der Waals surface area contributed by atoms with Gasteiger partial charge >= 0.3 is 0 Å². The Morgan fingerprint density at radius 2 is 0.524 bits per heavy atom. The Balaban J connectivity index is 0.000000119. The highest BCUT2D eigenvalue weighted by Crippen LogP contribution is 2.44. The van der Waals surface area contributed by atoms with Crippen molar-refractivity contribution in [2.24, 2.45) is 0 Å². The lowest BCUT2D eigenvalue weighted by Crippen LogP contribution is -2.08. The smallest absolute Gasteiger partial charge is 0.140 e. The zero-order valence-electron chi connectivity index (χ0n) is 71.6. The summed E-state index contributed by atoms with van der Waals surface area (Å²) in [6.07, 6.45) is 4.01. The number of benzene rings is 12. The van der Waals surface area contributed by atoms with Gasteiger partial charge in [0, 0.05) is 231 Å². The van der Waals surface area contributed by atoms with Gasteiger partial charge in [-0.1, -0.05) is 173 Å². The van der Waals surface area contributed by atoms with Crippen molar-refractivity contribution in [1.82, 2.24) is 59.8 Å². The highest BCUT2D eigenvalue weighted by Gasteiger charge is 2.25. The highest BCUT2D eigenvalue weighted by atomic mass is 79.9. The maximum atomic E-state index is 5.32. The van der Waals surface area contributed by atoms with Gasteiger partial charge in [-0.2, -0.15) is 0 Å². The second kappa shape index (κ2) is 36.7. The number of halogens is 4. The molecule has 0 bridgehead atoms. The molecule has 12 aromatic carbocycles. The number of hydrogen-bond acceptors (Lipinski definition) is 10. The van der Waals surface area contributed by atoms with Crippen molar-refractivity contribution >= 4 is 130 Å². The Morgan fingerprint density at radius 3 is 0.841 bits per heavy atom. The zero-order chi connectivity index (χ0) is 87.6. The molecule has 126 heavy (non-hydrogen) atoms. The van der Waals surface area contributed by atoms with Crippen LogP contribution in [0.25, 0.3) is 179 Å². The van der Waals surface area contributed by atoms with Crippen LogP contribution in [-0.4, -0.2) is 130 Å². The fourth-order valence-electron chi connectivity index (χ4n) is 15.8. The van der Waals surface area contributed by atoms with Gasteiger partial charge in [-0.25, -0.2) is 19.9 Å². The molecular formula is C104H92Br4N16O2. The van der Waals surface area contributed by atoms with Crippen LogP contribution in [0.2, 0.25) is 0 Å². The van der Waals surface area contributed by atoms with Gasteiger partial charge in [-0.3, -0.25) is 0 Å². The largest absolute Gasteiger partial charge is 0.497 e. The van der Waals surface area contributed by atoms with Crippen molar-refractivity contribution in [2.45, 2.75) is 13.8 Å². The van der Waals surface area contributed by atoms with Crippen LogP contribution in [0.5, 0.6) is 11.5 Å². The average Bonchev–Trinajstić information content (AvgIpc) is 1.63. The molecule has 0 saturated carbocycles. The number of aromatic nitrogens is 12. The van der Waals surface area contributed by atoms with Crippen molar-refractivity contribution in [3.63, 3.8) is 0 Å². The number of nitrogens with zero attached hydrogens (tertiary/aromatic N) is 8. The van der Waals surface area contributed by atoms with E-state index in [4.69, 9.17) is 29.4 Å². The third-order valence-electron chi connectivity index (χ3n) is 22.5. The number of methoxy groups -OCH3 is 2. The molecule has 0 aliphatic rings. The van der Waals surface area contributed by atoms with Gasteiger partial charge in [0.25, 0.3) is 0 Å². The van der Waals surface area contributed by atoms with Crippen LogP contribution >= 0.6 is 63.7 Å². The third-order valence-corrected chi connectivity index (χ3v) is 24.6. The average molecular weight is 1920 g/mol. The lowest BCUT2D eigenvalue weighted by molar-refractivity contribution is 0.414. The summed E-state index contributed by atoms with van der Waals surface area (Å²) in [5.41, 5.74) is 31.9. The Bertz CT molecular complexity index is 6950. The highest BCUT2D eigenvalue weighted by molar-refractivity contribution is 9.11. The van der Waals surface area contributed by atoms with Gasteiger partial charge in [0.1, 0.15) is 34.8 Å². The maximum Gasteiger partial charge on any atom is 0.140 e. The molecule has 0 spiro atoms. The number of ether oxygens (including phenoxy) is 2. The summed E-state index contributed by atoms with van der Waals surface area (Å²) in [7, 11) is 19.8. The number of nitrogens with one attached hydrogen (secondary N) is 8. The quantitative estimate of drug-likeness (QED) is 0.0407. The van der Waals surface area contributed by atoms with E-state index in [-0.39, 0.29) is 0 Å². The van der Waals surface area contributed by atoms with E-state index in [9.17, 15) is 0 Å². The molecule has 22 heteroatoms. The molecule has 0 fully saturated rings. The van der Waals surface area contributed by atoms with E-state index in [1.165, 1.54) is 22.1 Å². The number of rotatable bonds is 18. The van der Waals surface area contributed by atoms with E-state index in [1.54, 1.807) is 14.2 Å². The maximum absolute atomic E-state index is 5.32. The molecule has 8 heterocycles. The van der Waals surface area contributed by atoms with Crippen molar-refractivity contribution in [1.29, 1.82) is 0 Å². The van der Waals surface area contributed by atoms with Crippen LogP contribution in [0.3, 0.4) is 0 Å². The lowest BCUT2D eigenvalue weighted by atomic mass is 10.0. The first kappa shape index (κ1) is 84.6. The first-order chi connectivity index (χ1) is 61.1. The number of para-hydroxylation sites is 2. The number of fused-ring (bicyclic) bond motifs is 4. The molecule has 0 amide bonds. The molecule has 0 radical (unpaired) electrons. The van der Waals surface area contributed by atoms with Crippen molar-refractivity contribution in [3.05, 3.63) is 321 Å². The fraction of sp³-hybridized carbons (Fsp3) is 0.115. The molecule has 8 aromatic heterocycles. The second-order valence-corrected chi connectivity index (χ2v) is 35.3. The summed E-state index contributed by atoms with van der Waals surface area (Å²) >= 11 is 14.2. The Kier molecular flexibility index (Phi) is 24.6. The first-order valence-electron chi connectivity index (χ1n) is 41.1. The fourth-order valence-corrected chi connectivity index (χ4v) is 17.1. The Labute approximate surface area is 765 Å². The monoisotopic (exact) mass is 1910 g/mol. The molecular weight excluding hydrogens is 1820 g/mol. The van der Waals surface area contributed by atoms with Crippen molar-refractivity contribution in [3.8, 4) is 147 Å². The molecule has 0 aliphatic carbocycles. The van der Waals surface area contributed by atoms with E-state index in [0.717, 1.165) is 221 Å². The first-order valence-corrected chi connectivity index (χ1v) is 44.3. The van der Waals surface area contributed by atoms with Crippen molar-refractivity contribution in [2.75, 3.05) is 90.2 Å². The summed E-state index contributed by atoms with van der Waals surface area (Å²) in [4.78, 5) is 56.9. The standard InChI is InChI=1S/C28H29N5.C27H26BrN5.C25H20BrN3O2.C24H17Br2N3/c1-18-25(23-8-6-7-9-24(23)29-18)28-30-26(19-10-14-21(15-11-19)32(2)3)27(31-28)20-12-16-22(17-13-20)33(4)5;1-32(2)20-10-5-17(6-11-20)25-26(18-7-12-21(13-8-18)33(3)4)31-27(30-25)23-16-29-24-14-9-19(28)15-22(23)24;1-30-18-8-3-15(4-9-18)23-24(16-5-10-19(31-2)11-6-16)29-25(28-23)21-14-27-22-12-7-17(26)13-20(21)22;1-14-21(19-4-2-3-5-20(19)27-14)24-28-22(15-6-10-17(25)11-7-15)23(29-24)16-8-12-18(26)13-9-16/h6-17,29H,1-5H3,(H,30,31);5-16,29H,1-4H3,(H,30,31);3-14,27H,1-2H3,(H,28,29);2-13,27H,1H3,(H,28,29). The van der Waals surface area contributed by atoms with Crippen LogP contribution in [-0.2, 0) is 0 Å². The minimum Gasteiger partial charge on any atom is -0.497 e. The van der Waals surface area contributed by atoms with Crippen LogP contribution in [0.4, 0.5) is 22.7 Å². The van der Waals surface area contributed by atoms with Crippen molar-refractivity contribution < 1.29 is 9.47 Å². The van der Waals surface area contributed by atoms with Crippen LogP contribution in [0, 0.1) is 13.8 Å². The van der Waals surface area contributed by atoms with Crippen LogP contribution in [0.15, 0.2) is 309 Å². The number of aromatic amines is 8. The molecule has 20 aromatic rings. The molecule has 0 aliphatic heterocycles. The van der Waals surface area contributed by atoms with Gasteiger partial charge in [0.2, 0.25) is 0 Å². The summed E-state index contributed by atoms with van der Waals surface area (Å²) in [5, 5.41) is 4.57. The topological polar surface area (TPSA) is 209 Å². The van der Waals surface area contributed by atoms with Gasteiger partial charge in [0.15, 0.2) is 0 Å². The van der Waals surface area contributed by atoms with E-state index >= 15 is 0 Å². The minimum atomic E-state index is 0.806. The number of aryl methyl sites for hydroxylation is 2. The van der Waals surface area contributed by atoms with Gasteiger partial charge in [0.05, 0.1) is 59.8 Å². The molecule has 18 nitrogen and oxygen atoms in total. The SMILES string of the molecule is CN(C)c1ccc(-c2nc(-c3c[nH]c4ccc(Br)cc34)[nH]c2-c2ccc(N(C)C)cc2)cc1.COc1ccc(-c2nc(-c3c[nH]c4ccc(Br)cc34)[nH]c2-c2ccc(OC)cc2)cc1.Cc1[nH]c2ccccc2c1-c1nc(-c2ccc(Br)cc2)c(-c2ccc(Br)cc2)[nH]1.Cc1[nH]c2ccccc2c1-c1nc(-c2ccc(N(C)C)cc2)c(-c2ccc(N(C)C)cc2)[nH]1. The predicted molar refractivity (Wildman–Crippen MR) is 538 cm³/mol. The summed E-state index contributed by atoms with van der Waals surface area (Å²) < 4.78 is 14.8. The van der Waals surface area contributed by atoms with Gasteiger partial charge in [-0.15, -0.1) is 0 Å². The van der Waals surface area contributed by atoms with E-state index in [2.05, 4.69) is 394 Å². The van der Waals surface area contributed by atoms with Gasteiger partial charge in [-0.05, 0) is 184 Å². The Morgan fingerprint density at radius 1 is 0.262 bits per heavy atom. The number of imidazole rings is 4. The molecule has 0 unspecified atom stereocenters. The van der Waals surface area contributed by atoms with E-state index in [1.807, 2.05) is 91.3 Å². The van der Waals surface area contributed by atoms with E-state index < -0.39 is 0 Å². The summed E-state index contributed by atoms with van der Waals surface area (Å²) in [6.45, 7) is 4.20. The number of hydrogen-bond donors (Lipinski definition) is 8. The van der Waals surface area contributed by atoms with Crippen LogP contribution < -0.4 is 29.1 Å². The molecule has 0 saturated heterocycles. The summed E-state index contributed by atoms with van der Waals surface area (Å²) in [5.74, 6) is 5.03. The number of H-pyrrole nitrogens is 8. The summed E-state index contributed by atoms with van der Waals surface area (Å²) in [6, 6.07) is 96.0. The number of anilines is 4. The zero-order valence-corrected chi connectivity index (χ0v) is 78.0. The molecule has 20 rings (SSSR count). The minimum absolute atomic E-state index is 0.806. The normalized spacial score (nSPS) is 11.2. The third kappa shape index (κ3) is 17.8. The Hall–Kier alpha value is -13.6. The predicted octanol–water partition coefficient (Wildman–Crippen LogP) is 27.5. The lowest BCUT2D eigenvalue weighted by Gasteiger charge is -2.13.